The van der Waals surface area contributed by atoms with Crippen LogP contribution in [0.25, 0.3) is 0 Å². The highest BCUT2D eigenvalue weighted by atomic mass is 32.2. The van der Waals surface area contributed by atoms with Crippen LogP contribution in [0.2, 0.25) is 0 Å². The Kier molecular flexibility index (Phi) is 9.16. The average molecular weight is 271 g/mol. The van der Waals surface area contributed by atoms with E-state index in [4.69, 9.17) is 21.1 Å². The predicted molar refractivity (Wildman–Crippen MR) is 64.2 cm³/mol. The van der Waals surface area contributed by atoms with E-state index in [1.165, 1.54) is 13.8 Å². The molecule has 104 valence electrons. The lowest BCUT2D eigenvalue weighted by Gasteiger charge is -2.09. The second kappa shape index (κ2) is 8.37. The molecule has 0 aliphatic carbocycles. The number of nitrogens with two attached hydrogens (primary N) is 2. The molecule has 0 amide bonds. The van der Waals surface area contributed by atoms with Gasteiger partial charge in [-0.15, -0.1) is 0 Å². The molecule has 0 aliphatic heterocycles. The number of aliphatic carboxylic acids is 1. The van der Waals surface area contributed by atoms with Crippen molar-refractivity contribution in [1.29, 1.82) is 0 Å². The van der Waals surface area contributed by atoms with Gasteiger partial charge in [-0.2, -0.15) is 8.42 Å². The second-order valence-electron chi connectivity index (χ2n) is 3.85. The molecule has 0 aromatic carbocycles. The summed E-state index contributed by atoms with van der Waals surface area (Å²) in [6, 6.07) is 0. The fraction of sp³-hybridized carbons (Fsp3) is 0.875. The smallest absolute Gasteiger partial charge is 0.323 e. The molecule has 0 rings (SSSR count). The van der Waals surface area contributed by atoms with Gasteiger partial charge in [-0.25, -0.2) is 0 Å². The third-order valence-corrected chi connectivity index (χ3v) is 2.13. The molecule has 0 heterocycles. The molecular weight excluding hydrogens is 250 g/mol. The number of hydrogen-bond donors (Lipinski definition) is 5. The highest BCUT2D eigenvalue weighted by Crippen LogP contribution is 1.93. The monoisotopic (exact) mass is 271 g/mol. The molecule has 7 N–H and O–H groups in total. The van der Waals surface area contributed by atoms with Crippen molar-refractivity contribution in [3.8, 4) is 0 Å². The summed E-state index contributed by atoms with van der Waals surface area (Å²) in [6.07, 6.45) is 0. The minimum Gasteiger partial charge on any atom is -0.480 e. The van der Waals surface area contributed by atoms with E-state index in [1.54, 1.807) is 0 Å². The van der Waals surface area contributed by atoms with Crippen molar-refractivity contribution in [3.05, 3.63) is 0 Å². The van der Waals surface area contributed by atoms with E-state index in [2.05, 4.69) is 5.32 Å². The molecule has 0 fully saturated rings. The molecule has 8 nitrogen and oxygen atoms in total. The summed E-state index contributed by atoms with van der Waals surface area (Å²) in [5.41, 5.74) is 9.10. The molecule has 0 saturated carbocycles. The summed E-state index contributed by atoms with van der Waals surface area (Å²) >= 11 is 0. The maximum Gasteiger partial charge on any atom is 0.323 e. The van der Waals surface area contributed by atoms with E-state index in [9.17, 15) is 13.2 Å². The van der Waals surface area contributed by atoms with Crippen molar-refractivity contribution in [2.45, 2.75) is 19.4 Å². The minimum atomic E-state index is -3.81. The van der Waals surface area contributed by atoms with Crippen LogP contribution in [0.4, 0.5) is 0 Å². The van der Waals surface area contributed by atoms with Gasteiger partial charge in [0.25, 0.3) is 10.1 Å². The molecule has 0 aromatic rings. The summed E-state index contributed by atoms with van der Waals surface area (Å²) in [5.74, 6) is -1.24. The number of carboxylic acid groups (broad SMARTS) is 1. The van der Waals surface area contributed by atoms with Crippen LogP contribution >= 0.6 is 0 Å². The van der Waals surface area contributed by atoms with Gasteiger partial charge in [-0.1, -0.05) is 0 Å². The maximum atomic E-state index is 10.1. The zero-order valence-electron chi connectivity index (χ0n) is 10.0. The van der Waals surface area contributed by atoms with Gasteiger partial charge in [-0.3, -0.25) is 9.35 Å². The van der Waals surface area contributed by atoms with Gasteiger partial charge in [0.2, 0.25) is 0 Å². The Morgan fingerprint density at radius 2 is 1.76 bits per heavy atom. The van der Waals surface area contributed by atoms with Gasteiger partial charge in [0.1, 0.15) is 5.54 Å². The Balaban J connectivity index is 0. The van der Waals surface area contributed by atoms with Crippen LogP contribution in [0.15, 0.2) is 0 Å². The molecule has 0 radical (unpaired) electrons. The zero-order chi connectivity index (χ0) is 14.1. The third kappa shape index (κ3) is 17.9. The molecule has 9 heteroatoms. The minimum absolute atomic E-state index is 0.246. The lowest BCUT2D eigenvalue weighted by molar-refractivity contribution is -0.141. The van der Waals surface area contributed by atoms with Crippen LogP contribution in [0.3, 0.4) is 0 Å². The van der Waals surface area contributed by atoms with Gasteiger partial charge >= 0.3 is 5.97 Å². The average Bonchev–Trinajstić information content (AvgIpc) is 2.10. The SMILES string of the molecule is CC(C)(N)C(=O)O.NCCNCCS(=O)(=O)O. The number of nitrogens with one attached hydrogen (secondary N) is 1. The van der Waals surface area contributed by atoms with Crippen LogP contribution in [0, 0.1) is 0 Å². The van der Waals surface area contributed by atoms with Gasteiger partial charge < -0.3 is 21.9 Å². The molecule has 17 heavy (non-hydrogen) atoms. The Bertz CT molecular complexity index is 310. The first-order chi connectivity index (χ1) is 7.50. The molecule has 0 aromatic heterocycles. The highest BCUT2D eigenvalue weighted by Gasteiger charge is 2.19. The molecule has 0 bridgehead atoms. The summed E-state index contributed by atoms with van der Waals surface area (Å²) in [6.45, 7) is 4.15. The Hall–Kier alpha value is -0.740. The number of carboxylic acids is 1. The van der Waals surface area contributed by atoms with E-state index in [0.717, 1.165) is 0 Å². The molecule has 0 atom stereocenters. The summed E-state index contributed by atoms with van der Waals surface area (Å²) in [5, 5.41) is 10.9. The van der Waals surface area contributed by atoms with Crippen LogP contribution in [-0.2, 0) is 14.9 Å². The second-order valence-corrected chi connectivity index (χ2v) is 5.42. The van der Waals surface area contributed by atoms with Gasteiger partial charge in [0, 0.05) is 19.6 Å². The highest BCUT2D eigenvalue weighted by molar-refractivity contribution is 7.85. The number of hydrogen-bond acceptors (Lipinski definition) is 6. The molecule has 0 aliphatic rings. The maximum absolute atomic E-state index is 10.1. The predicted octanol–water partition coefficient (Wildman–Crippen LogP) is -1.77. The lowest BCUT2D eigenvalue weighted by atomic mass is 10.1. The van der Waals surface area contributed by atoms with E-state index >= 15 is 0 Å². The Labute approximate surface area is 101 Å². The standard InChI is InChI=1S/C4H12N2O3S.C4H9NO2/c5-1-2-6-3-4-10(7,8)9;1-4(2,5)3(6)7/h6H,1-5H2,(H,7,8,9);5H2,1-2H3,(H,6,7). The number of carbonyl (C=O) groups is 1. The largest absolute Gasteiger partial charge is 0.480 e. The normalized spacial score (nSPS) is 11.6. The molecule has 0 unspecified atom stereocenters. The summed E-state index contributed by atoms with van der Waals surface area (Å²) in [7, 11) is -3.81. The van der Waals surface area contributed by atoms with E-state index < -0.39 is 21.6 Å². The first kappa shape index (κ1) is 18.6. The summed E-state index contributed by atoms with van der Waals surface area (Å²) < 4.78 is 28.4. The first-order valence-corrected chi connectivity index (χ1v) is 6.50. The summed E-state index contributed by atoms with van der Waals surface area (Å²) in [4.78, 5) is 9.90. The van der Waals surface area contributed by atoms with Gasteiger partial charge in [0.05, 0.1) is 5.75 Å². The first-order valence-electron chi connectivity index (χ1n) is 4.89. The van der Waals surface area contributed by atoms with E-state index in [1.807, 2.05) is 0 Å². The quantitative estimate of drug-likeness (QED) is 0.281. The van der Waals surface area contributed by atoms with Crippen LogP contribution in [-0.4, -0.2) is 55.0 Å². The van der Waals surface area contributed by atoms with Crippen LogP contribution in [0.1, 0.15) is 13.8 Å². The topological polar surface area (TPSA) is 156 Å². The van der Waals surface area contributed by atoms with Crippen molar-refractivity contribution in [2.75, 3.05) is 25.4 Å². The third-order valence-electron chi connectivity index (χ3n) is 1.41. The molecule has 0 saturated heterocycles. The van der Waals surface area contributed by atoms with Gasteiger partial charge in [-0.05, 0) is 13.8 Å². The zero-order valence-corrected chi connectivity index (χ0v) is 10.8. The Morgan fingerprint density at radius 1 is 1.35 bits per heavy atom. The van der Waals surface area contributed by atoms with Crippen molar-refractivity contribution < 1.29 is 22.9 Å². The van der Waals surface area contributed by atoms with Crippen molar-refractivity contribution >= 4 is 16.1 Å². The van der Waals surface area contributed by atoms with Crippen LogP contribution < -0.4 is 16.8 Å². The van der Waals surface area contributed by atoms with Crippen molar-refractivity contribution in [1.82, 2.24) is 5.32 Å². The number of rotatable bonds is 6. The molecular formula is C8H21N3O5S. The lowest BCUT2D eigenvalue weighted by Crippen LogP contribution is -2.41. The fourth-order valence-electron chi connectivity index (χ4n) is 0.428. The van der Waals surface area contributed by atoms with Gasteiger partial charge in [0.15, 0.2) is 0 Å². The Morgan fingerprint density at radius 3 is 2.00 bits per heavy atom. The van der Waals surface area contributed by atoms with E-state index in [0.29, 0.717) is 13.1 Å². The molecule has 0 spiro atoms. The fourth-order valence-corrected chi connectivity index (χ4v) is 0.830. The van der Waals surface area contributed by atoms with Crippen LogP contribution in [0.5, 0.6) is 0 Å². The van der Waals surface area contributed by atoms with E-state index in [-0.39, 0.29) is 12.3 Å². The van der Waals surface area contributed by atoms with Crippen molar-refractivity contribution in [2.24, 2.45) is 11.5 Å². The van der Waals surface area contributed by atoms with Crippen molar-refractivity contribution in [3.63, 3.8) is 0 Å².